The number of piperidine rings is 1. The average Bonchev–Trinajstić information content (AvgIpc) is 2.89. The third-order valence-electron chi connectivity index (χ3n) is 3.51. The van der Waals surface area contributed by atoms with Crippen LogP contribution in [0.3, 0.4) is 0 Å². The highest BCUT2D eigenvalue weighted by Gasteiger charge is 2.16. The van der Waals surface area contributed by atoms with Gasteiger partial charge in [-0.25, -0.2) is 4.68 Å². The molecule has 0 aliphatic carbocycles. The molecule has 0 atom stereocenters. The molecule has 0 bridgehead atoms. The van der Waals surface area contributed by atoms with Crippen LogP contribution >= 0.6 is 0 Å². The first-order valence-electron chi connectivity index (χ1n) is 6.52. The Hall–Kier alpha value is -1.68. The van der Waals surface area contributed by atoms with Crippen molar-refractivity contribution in [3.8, 4) is 11.3 Å². The molecular weight excluding hydrogens is 224 g/mol. The fraction of sp³-hybridized carbons (Fsp3) is 0.429. The van der Waals surface area contributed by atoms with Crippen LogP contribution in [0.5, 0.6) is 0 Å². The number of nitrogens with zero attached hydrogens (tertiary/aromatic N) is 3. The van der Waals surface area contributed by atoms with Gasteiger partial charge < -0.3 is 5.32 Å². The number of rotatable bonds is 2. The van der Waals surface area contributed by atoms with Gasteiger partial charge in [-0.1, -0.05) is 29.0 Å². The second kappa shape index (κ2) is 4.90. The van der Waals surface area contributed by atoms with Crippen LogP contribution in [0, 0.1) is 6.92 Å². The van der Waals surface area contributed by atoms with Gasteiger partial charge in [0.25, 0.3) is 0 Å². The van der Waals surface area contributed by atoms with Crippen molar-refractivity contribution in [2.75, 3.05) is 13.1 Å². The van der Waals surface area contributed by atoms with Crippen LogP contribution in [-0.4, -0.2) is 28.1 Å². The topological polar surface area (TPSA) is 42.7 Å². The van der Waals surface area contributed by atoms with Crippen LogP contribution in [0.15, 0.2) is 30.5 Å². The molecule has 3 rings (SSSR count). The molecule has 1 aliphatic heterocycles. The summed E-state index contributed by atoms with van der Waals surface area (Å²) in [5, 5.41) is 11.9. The number of nitrogens with one attached hydrogen (secondary N) is 1. The first-order valence-corrected chi connectivity index (χ1v) is 6.52. The lowest BCUT2D eigenvalue weighted by Gasteiger charge is -2.22. The molecule has 1 N–H and O–H groups in total. The predicted octanol–water partition coefficient (Wildman–Crippen LogP) is 2.18. The van der Waals surface area contributed by atoms with Crippen LogP contribution in [-0.2, 0) is 0 Å². The summed E-state index contributed by atoms with van der Waals surface area (Å²) in [7, 11) is 0. The molecule has 1 aliphatic rings. The Balaban J connectivity index is 1.84. The van der Waals surface area contributed by atoms with E-state index in [0.717, 1.165) is 37.2 Å². The minimum absolute atomic E-state index is 0.498. The summed E-state index contributed by atoms with van der Waals surface area (Å²) in [6.45, 7) is 4.25. The number of aromatic nitrogens is 3. The fourth-order valence-corrected chi connectivity index (χ4v) is 2.46. The van der Waals surface area contributed by atoms with Crippen LogP contribution in [0.2, 0.25) is 0 Å². The number of hydrogen-bond donors (Lipinski definition) is 1. The molecule has 1 aromatic carbocycles. The van der Waals surface area contributed by atoms with E-state index in [-0.39, 0.29) is 0 Å². The van der Waals surface area contributed by atoms with Crippen molar-refractivity contribution in [3.05, 3.63) is 36.0 Å². The van der Waals surface area contributed by atoms with Crippen LogP contribution in [0.1, 0.15) is 24.4 Å². The molecule has 2 heterocycles. The van der Waals surface area contributed by atoms with Crippen molar-refractivity contribution in [1.29, 1.82) is 0 Å². The van der Waals surface area contributed by atoms with Gasteiger partial charge in [-0.3, -0.25) is 0 Å². The number of hydrogen-bond acceptors (Lipinski definition) is 3. The molecule has 1 saturated heterocycles. The molecule has 0 unspecified atom stereocenters. The van der Waals surface area contributed by atoms with Crippen molar-refractivity contribution in [3.63, 3.8) is 0 Å². The second-order valence-corrected chi connectivity index (χ2v) is 4.93. The lowest BCUT2D eigenvalue weighted by atomic mass is 10.1. The highest BCUT2D eigenvalue weighted by molar-refractivity contribution is 5.58. The standard InChI is InChI=1S/C14H18N4/c1-11-3-2-4-12(9-11)14-10-18(17-16-14)13-5-7-15-8-6-13/h2-4,9-10,13,15H,5-8H2,1H3. The normalized spacial score (nSPS) is 16.9. The Labute approximate surface area is 107 Å². The lowest BCUT2D eigenvalue weighted by molar-refractivity contribution is 0.337. The largest absolute Gasteiger partial charge is 0.317 e. The summed E-state index contributed by atoms with van der Waals surface area (Å²) in [4.78, 5) is 0. The first kappa shape index (κ1) is 11.4. The number of aryl methyl sites for hydroxylation is 1. The van der Waals surface area contributed by atoms with Crippen LogP contribution in [0.4, 0.5) is 0 Å². The Morgan fingerprint density at radius 1 is 1.28 bits per heavy atom. The summed E-state index contributed by atoms with van der Waals surface area (Å²) < 4.78 is 2.03. The van der Waals surface area contributed by atoms with Gasteiger partial charge in [-0.2, -0.15) is 0 Å². The third kappa shape index (κ3) is 2.29. The Bertz CT molecular complexity index is 526. The van der Waals surface area contributed by atoms with Crippen molar-refractivity contribution in [2.24, 2.45) is 0 Å². The van der Waals surface area contributed by atoms with E-state index < -0.39 is 0 Å². The maximum absolute atomic E-state index is 4.30. The van der Waals surface area contributed by atoms with Gasteiger partial charge in [0.2, 0.25) is 0 Å². The maximum atomic E-state index is 4.30. The van der Waals surface area contributed by atoms with Crippen molar-refractivity contribution in [2.45, 2.75) is 25.8 Å². The summed E-state index contributed by atoms with van der Waals surface area (Å²) in [6, 6.07) is 8.90. The van der Waals surface area contributed by atoms with Crippen molar-refractivity contribution in [1.82, 2.24) is 20.3 Å². The predicted molar refractivity (Wildman–Crippen MR) is 71.3 cm³/mol. The summed E-state index contributed by atoms with van der Waals surface area (Å²) in [5.74, 6) is 0. The van der Waals surface area contributed by atoms with Crippen molar-refractivity contribution >= 4 is 0 Å². The van der Waals surface area contributed by atoms with Gasteiger partial charge in [0.1, 0.15) is 5.69 Å². The second-order valence-electron chi connectivity index (χ2n) is 4.93. The molecule has 0 saturated carbocycles. The molecule has 4 nitrogen and oxygen atoms in total. The maximum Gasteiger partial charge on any atom is 0.113 e. The third-order valence-corrected chi connectivity index (χ3v) is 3.51. The number of benzene rings is 1. The van der Waals surface area contributed by atoms with E-state index in [1.807, 2.05) is 4.68 Å². The van der Waals surface area contributed by atoms with Crippen LogP contribution in [0.25, 0.3) is 11.3 Å². The zero-order valence-electron chi connectivity index (χ0n) is 10.6. The molecule has 94 valence electrons. The molecule has 0 radical (unpaired) electrons. The fourth-order valence-electron chi connectivity index (χ4n) is 2.46. The van der Waals surface area contributed by atoms with Gasteiger partial charge in [-0.05, 0) is 38.9 Å². The van der Waals surface area contributed by atoms with E-state index in [1.165, 1.54) is 5.56 Å². The highest BCUT2D eigenvalue weighted by Crippen LogP contribution is 2.22. The van der Waals surface area contributed by atoms with E-state index in [2.05, 4.69) is 53.0 Å². The minimum atomic E-state index is 0.498. The zero-order chi connectivity index (χ0) is 12.4. The molecule has 2 aromatic rings. The van der Waals surface area contributed by atoms with Gasteiger partial charge in [0.15, 0.2) is 0 Å². The average molecular weight is 242 g/mol. The summed E-state index contributed by atoms with van der Waals surface area (Å²) >= 11 is 0. The molecule has 0 spiro atoms. The zero-order valence-corrected chi connectivity index (χ0v) is 10.6. The van der Waals surface area contributed by atoms with Gasteiger partial charge in [-0.15, -0.1) is 5.10 Å². The Morgan fingerprint density at radius 2 is 2.11 bits per heavy atom. The molecule has 18 heavy (non-hydrogen) atoms. The lowest BCUT2D eigenvalue weighted by Crippen LogP contribution is -2.29. The van der Waals surface area contributed by atoms with Crippen molar-refractivity contribution < 1.29 is 0 Å². The van der Waals surface area contributed by atoms with Crippen LogP contribution < -0.4 is 5.32 Å². The first-order chi connectivity index (χ1) is 8.83. The molecule has 0 amide bonds. The van der Waals surface area contributed by atoms with E-state index in [1.54, 1.807) is 0 Å². The van der Waals surface area contributed by atoms with E-state index in [4.69, 9.17) is 0 Å². The van der Waals surface area contributed by atoms with Gasteiger partial charge >= 0.3 is 0 Å². The summed E-state index contributed by atoms with van der Waals surface area (Å²) in [5.41, 5.74) is 3.37. The Morgan fingerprint density at radius 3 is 2.89 bits per heavy atom. The van der Waals surface area contributed by atoms with E-state index in [0.29, 0.717) is 6.04 Å². The van der Waals surface area contributed by atoms with E-state index in [9.17, 15) is 0 Å². The molecule has 1 fully saturated rings. The Kier molecular flexibility index (Phi) is 3.11. The molecule has 1 aromatic heterocycles. The smallest absolute Gasteiger partial charge is 0.113 e. The highest BCUT2D eigenvalue weighted by atomic mass is 15.4. The monoisotopic (exact) mass is 242 g/mol. The van der Waals surface area contributed by atoms with Gasteiger partial charge in [0, 0.05) is 5.56 Å². The minimum Gasteiger partial charge on any atom is -0.317 e. The SMILES string of the molecule is Cc1cccc(-c2cn(C3CCNCC3)nn2)c1. The van der Waals surface area contributed by atoms with Gasteiger partial charge in [0.05, 0.1) is 12.2 Å². The molecule has 4 heteroatoms. The summed E-state index contributed by atoms with van der Waals surface area (Å²) in [6.07, 6.45) is 4.35. The quantitative estimate of drug-likeness (QED) is 0.877. The molecular formula is C14H18N4. The van der Waals surface area contributed by atoms with E-state index >= 15 is 0 Å².